The molecular formula is C15H13F3N4S. The summed E-state index contributed by atoms with van der Waals surface area (Å²) in [5, 5.41) is 11.0. The normalized spacial score (nSPS) is 13.0. The third-order valence-corrected chi connectivity index (χ3v) is 4.20. The lowest BCUT2D eigenvalue weighted by Crippen LogP contribution is -2.05. The maximum Gasteiger partial charge on any atom is 0.434 e. The third-order valence-electron chi connectivity index (χ3n) is 3.45. The first-order valence-electron chi connectivity index (χ1n) is 6.82. The van der Waals surface area contributed by atoms with Gasteiger partial charge in [0.2, 0.25) is 0 Å². The number of hydrogen-bond acceptors (Lipinski definition) is 4. The van der Waals surface area contributed by atoms with E-state index in [1.54, 1.807) is 6.20 Å². The number of nitrogens with zero attached hydrogens (tertiary/aromatic N) is 2. The first kappa shape index (κ1) is 15.5. The molecule has 0 fully saturated rings. The van der Waals surface area contributed by atoms with E-state index in [1.807, 2.05) is 37.3 Å². The standard InChI is InChI=1S/C15H13F3N4S/c1-9(12-6-7-19-22-12)10-2-4-11(5-3-10)20-14-21-13(8-23-14)15(16,17)18/h2-9H,1H3,(H,19,22)(H,20,21)/t9-/m1/s1. The number of H-pyrrole nitrogens is 1. The van der Waals surface area contributed by atoms with Crippen LogP contribution in [0, 0.1) is 0 Å². The van der Waals surface area contributed by atoms with E-state index >= 15 is 0 Å². The summed E-state index contributed by atoms with van der Waals surface area (Å²) in [4.78, 5) is 3.54. The second-order valence-corrected chi connectivity index (χ2v) is 5.87. The Kier molecular flexibility index (Phi) is 4.08. The van der Waals surface area contributed by atoms with E-state index in [-0.39, 0.29) is 11.0 Å². The Hall–Kier alpha value is -2.35. The van der Waals surface area contributed by atoms with Gasteiger partial charge in [-0.25, -0.2) is 4.98 Å². The van der Waals surface area contributed by atoms with Gasteiger partial charge in [0.25, 0.3) is 0 Å². The molecule has 2 heterocycles. The first-order valence-corrected chi connectivity index (χ1v) is 7.70. The highest BCUT2D eigenvalue weighted by Gasteiger charge is 2.33. The molecule has 23 heavy (non-hydrogen) atoms. The molecule has 1 atom stereocenters. The average molecular weight is 338 g/mol. The maximum atomic E-state index is 12.5. The molecule has 0 unspecified atom stereocenters. The van der Waals surface area contributed by atoms with Gasteiger partial charge in [0.15, 0.2) is 10.8 Å². The Morgan fingerprint density at radius 3 is 2.48 bits per heavy atom. The lowest BCUT2D eigenvalue weighted by atomic mass is 9.98. The van der Waals surface area contributed by atoms with E-state index in [0.717, 1.165) is 28.0 Å². The quantitative estimate of drug-likeness (QED) is 0.720. The molecule has 0 bridgehead atoms. The van der Waals surface area contributed by atoms with Gasteiger partial charge in [0.1, 0.15) is 0 Å². The SMILES string of the molecule is C[C@H](c1ccc(Nc2nc(C(F)(F)F)cs2)cc1)c1ccn[nH]1. The fraction of sp³-hybridized carbons (Fsp3) is 0.200. The van der Waals surface area contributed by atoms with Gasteiger partial charge >= 0.3 is 6.18 Å². The molecule has 8 heteroatoms. The maximum absolute atomic E-state index is 12.5. The van der Waals surface area contributed by atoms with Crippen molar-refractivity contribution in [1.29, 1.82) is 0 Å². The van der Waals surface area contributed by atoms with Crippen LogP contribution < -0.4 is 5.32 Å². The number of aromatic nitrogens is 3. The van der Waals surface area contributed by atoms with Gasteiger partial charge in [-0.15, -0.1) is 11.3 Å². The molecule has 3 rings (SSSR count). The molecule has 120 valence electrons. The van der Waals surface area contributed by atoms with Crippen molar-refractivity contribution in [2.75, 3.05) is 5.32 Å². The molecule has 0 saturated carbocycles. The molecule has 1 aromatic carbocycles. The number of aromatic amines is 1. The van der Waals surface area contributed by atoms with Crippen LogP contribution in [0.5, 0.6) is 0 Å². The van der Waals surface area contributed by atoms with Crippen LogP contribution >= 0.6 is 11.3 Å². The first-order chi connectivity index (χ1) is 10.9. The van der Waals surface area contributed by atoms with Crippen LogP contribution in [0.3, 0.4) is 0 Å². The molecule has 0 spiro atoms. The van der Waals surface area contributed by atoms with Gasteiger partial charge in [-0.05, 0) is 23.8 Å². The van der Waals surface area contributed by atoms with Crippen molar-refractivity contribution in [1.82, 2.24) is 15.2 Å². The van der Waals surface area contributed by atoms with Gasteiger partial charge in [-0.3, -0.25) is 5.10 Å². The van der Waals surface area contributed by atoms with E-state index in [2.05, 4.69) is 20.5 Å². The molecule has 2 aromatic heterocycles. The second-order valence-electron chi connectivity index (χ2n) is 5.02. The highest BCUT2D eigenvalue weighted by atomic mass is 32.1. The Morgan fingerprint density at radius 1 is 1.17 bits per heavy atom. The van der Waals surface area contributed by atoms with Gasteiger partial charge in [-0.2, -0.15) is 18.3 Å². The lowest BCUT2D eigenvalue weighted by Gasteiger charge is -2.11. The molecule has 0 aliphatic heterocycles. The minimum atomic E-state index is -4.42. The summed E-state index contributed by atoms with van der Waals surface area (Å²) in [7, 11) is 0. The minimum Gasteiger partial charge on any atom is -0.332 e. The van der Waals surface area contributed by atoms with Crippen molar-refractivity contribution >= 4 is 22.2 Å². The average Bonchev–Trinajstić information content (AvgIpc) is 3.18. The Bertz CT molecular complexity index is 763. The Balaban J connectivity index is 1.71. The van der Waals surface area contributed by atoms with Crippen molar-refractivity contribution < 1.29 is 13.2 Å². The molecule has 0 radical (unpaired) electrons. The summed E-state index contributed by atoms with van der Waals surface area (Å²) < 4.78 is 37.6. The summed E-state index contributed by atoms with van der Waals surface area (Å²) in [5.74, 6) is 0.156. The summed E-state index contributed by atoms with van der Waals surface area (Å²) in [5.41, 5.74) is 1.89. The zero-order valence-electron chi connectivity index (χ0n) is 12.1. The third kappa shape index (κ3) is 3.53. The fourth-order valence-electron chi connectivity index (χ4n) is 2.13. The fourth-order valence-corrected chi connectivity index (χ4v) is 2.86. The van der Waals surface area contributed by atoms with E-state index in [1.165, 1.54) is 0 Å². The largest absolute Gasteiger partial charge is 0.434 e. The van der Waals surface area contributed by atoms with E-state index in [0.29, 0.717) is 5.69 Å². The lowest BCUT2D eigenvalue weighted by molar-refractivity contribution is -0.140. The van der Waals surface area contributed by atoms with E-state index in [9.17, 15) is 13.2 Å². The predicted octanol–water partition coefficient (Wildman–Crippen LogP) is 4.78. The van der Waals surface area contributed by atoms with Crippen molar-refractivity contribution in [3.8, 4) is 0 Å². The molecule has 3 aromatic rings. The van der Waals surface area contributed by atoms with Crippen LogP contribution in [0.1, 0.15) is 29.8 Å². The Labute approximate surface area is 134 Å². The molecule has 4 nitrogen and oxygen atoms in total. The summed E-state index contributed by atoms with van der Waals surface area (Å²) in [6, 6.07) is 9.39. The molecule has 2 N–H and O–H groups in total. The zero-order chi connectivity index (χ0) is 16.4. The molecule has 0 amide bonds. The summed E-state index contributed by atoms with van der Waals surface area (Å²) >= 11 is 0.924. The highest BCUT2D eigenvalue weighted by Crippen LogP contribution is 2.33. The van der Waals surface area contributed by atoms with Crippen LogP contribution in [0.25, 0.3) is 0 Å². The Morgan fingerprint density at radius 2 is 1.91 bits per heavy atom. The number of thiazole rings is 1. The summed E-state index contributed by atoms with van der Waals surface area (Å²) in [6.45, 7) is 2.05. The number of hydrogen-bond donors (Lipinski definition) is 2. The number of rotatable bonds is 4. The van der Waals surface area contributed by atoms with Crippen LogP contribution in [-0.2, 0) is 6.18 Å². The molecule has 0 aliphatic rings. The summed E-state index contributed by atoms with van der Waals surface area (Å²) in [6.07, 6.45) is -2.72. The zero-order valence-corrected chi connectivity index (χ0v) is 12.9. The highest BCUT2D eigenvalue weighted by molar-refractivity contribution is 7.13. The van der Waals surface area contributed by atoms with Gasteiger partial charge in [0.05, 0.1) is 0 Å². The minimum absolute atomic E-state index is 0.156. The molecular weight excluding hydrogens is 325 g/mol. The van der Waals surface area contributed by atoms with Crippen molar-refractivity contribution in [3.05, 3.63) is 58.9 Å². The van der Waals surface area contributed by atoms with E-state index in [4.69, 9.17) is 0 Å². The topological polar surface area (TPSA) is 53.6 Å². The van der Waals surface area contributed by atoms with Crippen LogP contribution in [0.2, 0.25) is 0 Å². The van der Waals surface area contributed by atoms with Gasteiger partial charge in [-0.1, -0.05) is 19.1 Å². The van der Waals surface area contributed by atoms with Crippen molar-refractivity contribution in [2.24, 2.45) is 0 Å². The number of benzene rings is 1. The van der Waals surface area contributed by atoms with Crippen molar-refractivity contribution in [2.45, 2.75) is 19.0 Å². The van der Waals surface area contributed by atoms with Crippen LogP contribution in [-0.4, -0.2) is 15.2 Å². The number of nitrogens with one attached hydrogen (secondary N) is 2. The van der Waals surface area contributed by atoms with Crippen molar-refractivity contribution in [3.63, 3.8) is 0 Å². The van der Waals surface area contributed by atoms with Crippen LogP contribution in [0.4, 0.5) is 24.0 Å². The number of halogens is 3. The molecule has 0 aliphatic carbocycles. The van der Waals surface area contributed by atoms with Crippen LogP contribution in [0.15, 0.2) is 41.9 Å². The molecule has 0 saturated heterocycles. The van der Waals surface area contributed by atoms with Gasteiger partial charge < -0.3 is 5.32 Å². The number of alkyl halides is 3. The monoisotopic (exact) mass is 338 g/mol. The van der Waals surface area contributed by atoms with E-state index < -0.39 is 11.9 Å². The van der Waals surface area contributed by atoms with Gasteiger partial charge in [0, 0.05) is 28.9 Å². The predicted molar refractivity (Wildman–Crippen MR) is 82.9 cm³/mol. The second kappa shape index (κ2) is 6.04. The smallest absolute Gasteiger partial charge is 0.332 e. The number of anilines is 2.